The van der Waals surface area contributed by atoms with Crippen LogP contribution in [0, 0.1) is 0 Å². The maximum absolute atomic E-state index is 5.34. The van der Waals surface area contributed by atoms with Crippen molar-refractivity contribution in [2.75, 3.05) is 5.32 Å². The molecule has 5 nitrogen and oxygen atoms in total. The summed E-state index contributed by atoms with van der Waals surface area (Å²) in [4.78, 5) is 0. The summed E-state index contributed by atoms with van der Waals surface area (Å²) in [5.41, 5.74) is 1.83. The van der Waals surface area contributed by atoms with Crippen molar-refractivity contribution >= 4 is 21.6 Å². The van der Waals surface area contributed by atoms with Crippen molar-refractivity contribution in [1.29, 1.82) is 0 Å². The lowest BCUT2D eigenvalue weighted by Crippen LogP contribution is -1.98. The molecule has 0 saturated carbocycles. The van der Waals surface area contributed by atoms with Gasteiger partial charge in [0.05, 0.1) is 17.3 Å². The first-order chi connectivity index (χ1) is 9.33. The first kappa shape index (κ1) is 12.0. The summed E-state index contributed by atoms with van der Waals surface area (Å²) in [5.74, 6) is 1.35. The van der Waals surface area contributed by atoms with Crippen molar-refractivity contribution < 1.29 is 8.83 Å². The predicted molar refractivity (Wildman–Crippen MR) is 73.5 cm³/mol. The normalized spacial score (nSPS) is 10.6. The van der Waals surface area contributed by atoms with Crippen LogP contribution in [0.2, 0.25) is 0 Å². The summed E-state index contributed by atoms with van der Waals surface area (Å²) in [5, 5.41) is 10.8. The van der Waals surface area contributed by atoms with Gasteiger partial charge in [-0.1, -0.05) is 6.07 Å². The summed E-state index contributed by atoms with van der Waals surface area (Å²) < 4.78 is 11.5. The minimum absolute atomic E-state index is 0.503. The molecule has 2 aromatic heterocycles. The fourth-order valence-corrected chi connectivity index (χ4v) is 2.04. The first-order valence-corrected chi connectivity index (χ1v) is 6.44. The molecular weight excluding hydrogens is 310 g/mol. The second kappa shape index (κ2) is 5.27. The zero-order valence-electron chi connectivity index (χ0n) is 9.84. The van der Waals surface area contributed by atoms with Gasteiger partial charge in [0, 0.05) is 11.3 Å². The molecule has 0 aliphatic carbocycles. The monoisotopic (exact) mass is 319 g/mol. The Balaban J connectivity index is 1.75. The summed E-state index contributed by atoms with van der Waals surface area (Å²) in [7, 11) is 0. The van der Waals surface area contributed by atoms with Crippen LogP contribution in [0.1, 0.15) is 5.76 Å². The minimum atomic E-state index is 0.503. The number of rotatable bonds is 4. The molecule has 19 heavy (non-hydrogen) atoms. The van der Waals surface area contributed by atoms with E-state index in [9.17, 15) is 0 Å². The molecule has 0 aliphatic rings. The van der Waals surface area contributed by atoms with E-state index < -0.39 is 0 Å². The summed E-state index contributed by atoms with van der Waals surface area (Å²) in [6.45, 7) is 0.598. The van der Waals surface area contributed by atoms with Gasteiger partial charge in [-0.05, 0) is 40.2 Å². The zero-order chi connectivity index (χ0) is 13.1. The SMILES string of the molecule is Brc1ccoc1CNc1cccc(-c2nnco2)c1. The van der Waals surface area contributed by atoms with Gasteiger partial charge in [0.1, 0.15) is 5.76 Å². The van der Waals surface area contributed by atoms with Gasteiger partial charge in [0.15, 0.2) is 0 Å². The largest absolute Gasteiger partial charge is 0.466 e. The Bertz CT molecular complexity index is 664. The third-order valence-corrected chi connectivity index (χ3v) is 3.32. The maximum Gasteiger partial charge on any atom is 0.247 e. The van der Waals surface area contributed by atoms with E-state index in [1.54, 1.807) is 6.26 Å². The molecule has 0 saturated heterocycles. The highest BCUT2D eigenvalue weighted by Gasteiger charge is 2.06. The van der Waals surface area contributed by atoms with Gasteiger partial charge in [0.25, 0.3) is 0 Å². The molecular formula is C13H10BrN3O2. The lowest BCUT2D eigenvalue weighted by atomic mass is 10.2. The Labute approximate surface area is 117 Å². The molecule has 3 aromatic rings. The Morgan fingerprint density at radius 3 is 2.89 bits per heavy atom. The molecule has 0 spiro atoms. The third-order valence-electron chi connectivity index (χ3n) is 2.61. The van der Waals surface area contributed by atoms with Gasteiger partial charge in [-0.15, -0.1) is 10.2 Å². The second-order valence-corrected chi connectivity index (χ2v) is 4.72. The van der Waals surface area contributed by atoms with Gasteiger partial charge in [-0.3, -0.25) is 0 Å². The molecule has 0 bridgehead atoms. The number of hydrogen-bond acceptors (Lipinski definition) is 5. The van der Waals surface area contributed by atoms with E-state index in [1.807, 2.05) is 30.3 Å². The van der Waals surface area contributed by atoms with Crippen molar-refractivity contribution in [3.63, 3.8) is 0 Å². The van der Waals surface area contributed by atoms with E-state index in [0.29, 0.717) is 12.4 Å². The van der Waals surface area contributed by atoms with E-state index in [1.165, 1.54) is 6.39 Å². The van der Waals surface area contributed by atoms with Gasteiger partial charge in [-0.2, -0.15) is 0 Å². The number of hydrogen-bond donors (Lipinski definition) is 1. The van der Waals surface area contributed by atoms with Crippen LogP contribution in [-0.2, 0) is 6.54 Å². The fourth-order valence-electron chi connectivity index (χ4n) is 1.69. The summed E-state index contributed by atoms with van der Waals surface area (Å²) in [6, 6.07) is 9.63. The third kappa shape index (κ3) is 2.68. The van der Waals surface area contributed by atoms with Crippen molar-refractivity contribution in [1.82, 2.24) is 10.2 Å². The van der Waals surface area contributed by atoms with Gasteiger partial charge >= 0.3 is 0 Å². The zero-order valence-corrected chi connectivity index (χ0v) is 11.4. The van der Waals surface area contributed by atoms with Crippen LogP contribution in [0.4, 0.5) is 5.69 Å². The lowest BCUT2D eigenvalue weighted by molar-refractivity contribution is 0.516. The Kier molecular flexibility index (Phi) is 3.33. The highest BCUT2D eigenvalue weighted by Crippen LogP contribution is 2.22. The molecule has 0 radical (unpaired) electrons. The first-order valence-electron chi connectivity index (χ1n) is 5.65. The van der Waals surface area contributed by atoms with E-state index in [0.717, 1.165) is 21.5 Å². The fraction of sp³-hybridized carbons (Fsp3) is 0.0769. The topological polar surface area (TPSA) is 64.1 Å². The predicted octanol–water partition coefficient (Wildman–Crippen LogP) is 3.70. The molecule has 0 aliphatic heterocycles. The van der Waals surface area contributed by atoms with Crippen LogP contribution in [0.5, 0.6) is 0 Å². The van der Waals surface area contributed by atoms with Gasteiger partial charge in [-0.25, -0.2) is 0 Å². The highest BCUT2D eigenvalue weighted by atomic mass is 79.9. The minimum Gasteiger partial charge on any atom is -0.466 e. The molecule has 1 N–H and O–H groups in total. The molecule has 6 heteroatoms. The molecule has 0 unspecified atom stereocenters. The van der Waals surface area contributed by atoms with Crippen LogP contribution >= 0.6 is 15.9 Å². The van der Waals surface area contributed by atoms with Crippen LogP contribution in [0.3, 0.4) is 0 Å². The lowest BCUT2D eigenvalue weighted by Gasteiger charge is -2.05. The number of furan rings is 1. The van der Waals surface area contributed by atoms with Gasteiger partial charge in [0.2, 0.25) is 12.3 Å². The van der Waals surface area contributed by atoms with Crippen LogP contribution in [0.15, 0.2) is 56.3 Å². The van der Waals surface area contributed by atoms with E-state index in [2.05, 4.69) is 31.4 Å². The number of nitrogens with one attached hydrogen (secondary N) is 1. The van der Waals surface area contributed by atoms with Crippen LogP contribution in [0.25, 0.3) is 11.5 Å². The molecule has 96 valence electrons. The van der Waals surface area contributed by atoms with Crippen molar-refractivity contribution in [3.8, 4) is 11.5 Å². The van der Waals surface area contributed by atoms with E-state index in [4.69, 9.17) is 8.83 Å². The molecule has 0 fully saturated rings. The molecule has 0 amide bonds. The number of nitrogens with zero attached hydrogens (tertiary/aromatic N) is 2. The van der Waals surface area contributed by atoms with Crippen molar-refractivity contribution in [3.05, 3.63) is 53.2 Å². The number of benzene rings is 1. The van der Waals surface area contributed by atoms with Crippen LogP contribution < -0.4 is 5.32 Å². The standard InChI is InChI=1S/C13H10BrN3O2/c14-11-4-5-18-12(11)7-15-10-3-1-2-9(6-10)13-17-16-8-19-13/h1-6,8,15H,7H2. The Morgan fingerprint density at radius 1 is 1.21 bits per heavy atom. The number of halogens is 1. The van der Waals surface area contributed by atoms with Crippen LogP contribution in [-0.4, -0.2) is 10.2 Å². The maximum atomic E-state index is 5.34. The summed E-state index contributed by atoms with van der Waals surface area (Å²) >= 11 is 3.42. The van der Waals surface area contributed by atoms with E-state index >= 15 is 0 Å². The Hall–Kier alpha value is -2.08. The number of aromatic nitrogens is 2. The number of anilines is 1. The molecule has 2 heterocycles. The quantitative estimate of drug-likeness (QED) is 0.794. The molecule has 3 rings (SSSR count). The smallest absolute Gasteiger partial charge is 0.247 e. The van der Waals surface area contributed by atoms with Crippen molar-refractivity contribution in [2.24, 2.45) is 0 Å². The Morgan fingerprint density at radius 2 is 2.16 bits per heavy atom. The highest BCUT2D eigenvalue weighted by molar-refractivity contribution is 9.10. The van der Waals surface area contributed by atoms with Gasteiger partial charge < -0.3 is 14.2 Å². The average molecular weight is 320 g/mol. The average Bonchev–Trinajstić information content (AvgIpc) is 3.08. The molecule has 1 aromatic carbocycles. The van der Waals surface area contributed by atoms with Crippen molar-refractivity contribution in [2.45, 2.75) is 6.54 Å². The molecule has 0 atom stereocenters. The van der Waals surface area contributed by atoms with E-state index in [-0.39, 0.29) is 0 Å². The summed E-state index contributed by atoms with van der Waals surface area (Å²) in [6.07, 6.45) is 2.96. The second-order valence-electron chi connectivity index (χ2n) is 3.87.